The second kappa shape index (κ2) is 6.21. The molecule has 0 aliphatic heterocycles. The van der Waals surface area contributed by atoms with Crippen molar-refractivity contribution >= 4 is 22.6 Å². The standard InChI is InChI=1S/C18H34O4Si2/c1-23(2,3)21-17(19)16(20-22-24(4,5)6)18-10-13-7-14(11-18)9-15(8-13)12-18/h13-16H,7-12H2,1-6H3. The van der Waals surface area contributed by atoms with Crippen LogP contribution in [0.3, 0.4) is 0 Å². The van der Waals surface area contributed by atoms with Gasteiger partial charge in [0.15, 0.2) is 6.10 Å². The van der Waals surface area contributed by atoms with Crippen LogP contribution in [-0.2, 0) is 18.7 Å². The lowest BCUT2D eigenvalue weighted by molar-refractivity contribution is -0.295. The highest BCUT2D eigenvalue weighted by molar-refractivity contribution is 6.71. The maximum Gasteiger partial charge on any atom is 0.325 e. The molecule has 0 aromatic heterocycles. The Hall–Kier alpha value is -0.176. The zero-order valence-corrected chi connectivity index (χ0v) is 18.2. The van der Waals surface area contributed by atoms with Gasteiger partial charge in [-0.05, 0) is 95.6 Å². The number of rotatable bonds is 6. The highest BCUT2D eigenvalue weighted by atomic mass is 28.4. The van der Waals surface area contributed by atoms with E-state index in [0.717, 1.165) is 37.0 Å². The van der Waals surface area contributed by atoms with Gasteiger partial charge in [-0.15, -0.1) is 0 Å². The van der Waals surface area contributed by atoms with Crippen molar-refractivity contribution < 1.29 is 18.7 Å². The van der Waals surface area contributed by atoms with Crippen LogP contribution in [0.2, 0.25) is 39.3 Å². The molecule has 4 aliphatic carbocycles. The Morgan fingerprint density at radius 2 is 1.33 bits per heavy atom. The maximum atomic E-state index is 13.0. The van der Waals surface area contributed by atoms with Crippen LogP contribution in [0.1, 0.15) is 38.5 Å². The number of hydrogen-bond acceptors (Lipinski definition) is 4. The third kappa shape index (κ3) is 4.14. The first-order valence-electron chi connectivity index (χ1n) is 9.53. The minimum atomic E-state index is -1.95. The predicted octanol–water partition coefficient (Wildman–Crippen LogP) is 4.73. The maximum absolute atomic E-state index is 13.0. The third-order valence-corrected chi connectivity index (χ3v) is 7.07. The van der Waals surface area contributed by atoms with Gasteiger partial charge in [-0.1, -0.05) is 0 Å². The molecule has 0 aromatic carbocycles. The molecule has 4 aliphatic rings. The van der Waals surface area contributed by atoms with E-state index in [1.54, 1.807) is 0 Å². The topological polar surface area (TPSA) is 44.8 Å². The fraction of sp³-hybridized carbons (Fsp3) is 0.944. The SMILES string of the molecule is C[Si](C)(C)OOC(C(=O)O[Si](C)(C)C)C12CC3CC(CC(C3)C1)C2. The molecule has 4 saturated carbocycles. The summed E-state index contributed by atoms with van der Waals surface area (Å²) in [5, 5.41) is 0. The Labute approximate surface area is 148 Å². The Morgan fingerprint density at radius 1 is 0.875 bits per heavy atom. The lowest BCUT2D eigenvalue weighted by atomic mass is 9.48. The van der Waals surface area contributed by atoms with Gasteiger partial charge < -0.3 is 4.43 Å². The van der Waals surface area contributed by atoms with Crippen molar-refractivity contribution in [2.75, 3.05) is 0 Å². The summed E-state index contributed by atoms with van der Waals surface area (Å²) in [6.07, 6.45) is 6.85. The predicted molar refractivity (Wildman–Crippen MR) is 99.3 cm³/mol. The van der Waals surface area contributed by atoms with E-state index in [4.69, 9.17) is 13.9 Å². The minimum absolute atomic E-state index is 0.0505. The highest BCUT2D eigenvalue weighted by Gasteiger charge is 2.58. The van der Waals surface area contributed by atoms with E-state index in [0.29, 0.717) is 0 Å². The van der Waals surface area contributed by atoms with Crippen LogP contribution in [0, 0.1) is 23.2 Å². The van der Waals surface area contributed by atoms with Gasteiger partial charge in [0, 0.05) is 5.41 Å². The first kappa shape index (κ1) is 18.6. The first-order chi connectivity index (χ1) is 11.0. The molecule has 0 spiro atoms. The quantitative estimate of drug-likeness (QED) is 0.385. The van der Waals surface area contributed by atoms with Crippen molar-refractivity contribution in [3.05, 3.63) is 0 Å². The third-order valence-electron chi connectivity index (χ3n) is 5.66. The Balaban J connectivity index is 1.82. The summed E-state index contributed by atoms with van der Waals surface area (Å²) in [4.78, 5) is 18.9. The molecule has 6 heteroatoms. The van der Waals surface area contributed by atoms with Crippen molar-refractivity contribution in [3.8, 4) is 0 Å². The molecule has 0 amide bonds. The zero-order chi connectivity index (χ0) is 17.8. The molecule has 4 bridgehead atoms. The number of carbonyl (C=O) groups is 1. The molecule has 4 nitrogen and oxygen atoms in total. The summed E-state index contributed by atoms with van der Waals surface area (Å²) >= 11 is 0. The molecular formula is C18H34O4Si2. The summed E-state index contributed by atoms with van der Waals surface area (Å²) < 4.78 is 11.6. The van der Waals surface area contributed by atoms with E-state index in [9.17, 15) is 4.79 Å². The molecule has 0 saturated heterocycles. The fourth-order valence-corrected chi connectivity index (χ4v) is 6.53. The molecule has 24 heavy (non-hydrogen) atoms. The monoisotopic (exact) mass is 370 g/mol. The van der Waals surface area contributed by atoms with Gasteiger partial charge in [0.2, 0.25) is 16.6 Å². The van der Waals surface area contributed by atoms with Crippen LogP contribution in [0.15, 0.2) is 0 Å². The average molecular weight is 371 g/mol. The largest absolute Gasteiger partial charge is 0.518 e. The summed E-state index contributed by atoms with van der Waals surface area (Å²) in [6.45, 7) is 12.4. The fourth-order valence-electron chi connectivity index (χ4n) is 5.44. The van der Waals surface area contributed by atoms with Crippen molar-refractivity contribution in [2.45, 2.75) is 83.9 Å². The van der Waals surface area contributed by atoms with E-state index in [-0.39, 0.29) is 11.4 Å². The second-order valence-corrected chi connectivity index (χ2v) is 19.3. The summed E-state index contributed by atoms with van der Waals surface area (Å²) in [7, 11) is -3.80. The lowest BCUT2D eigenvalue weighted by Gasteiger charge is -2.58. The van der Waals surface area contributed by atoms with Crippen molar-refractivity contribution in [1.82, 2.24) is 0 Å². The first-order valence-corrected chi connectivity index (χ1v) is 16.3. The molecule has 0 heterocycles. The van der Waals surface area contributed by atoms with Gasteiger partial charge in [0.05, 0.1) is 0 Å². The smallest absolute Gasteiger partial charge is 0.325 e. The summed E-state index contributed by atoms with van der Waals surface area (Å²) in [5.41, 5.74) is -0.0505. The van der Waals surface area contributed by atoms with Gasteiger partial charge in [-0.3, -0.25) is 9.37 Å². The van der Waals surface area contributed by atoms with Crippen molar-refractivity contribution in [3.63, 3.8) is 0 Å². The van der Waals surface area contributed by atoms with E-state index in [2.05, 4.69) is 39.3 Å². The van der Waals surface area contributed by atoms with E-state index < -0.39 is 22.7 Å². The van der Waals surface area contributed by atoms with Crippen LogP contribution >= 0.6 is 0 Å². The summed E-state index contributed by atoms with van der Waals surface area (Å²) in [6, 6.07) is 0. The molecular weight excluding hydrogens is 336 g/mol. The van der Waals surface area contributed by atoms with Crippen LogP contribution in [-0.4, -0.2) is 28.7 Å². The van der Waals surface area contributed by atoms with Gasteiger partial charge in [-0.2, -0.15) is 0 Å². The van der Waals surface area contributed by atoms with Crippen molar-refractivity contribution in [1.29, 1.82) is 0 Å². The van der Waals surface area contributed by atoms with Gasteiger partial charge in [-0.25, -0.2) is 4.89 Å². The van der Waals surface area contributed by atoms with E-state index in [1.165, 1.54) is 19.3 Å². The number of hydrogen-bond donors (Lipinski definition) is 0. The van der Waals surface area contributed by atoms with Crippen molar-refractivity contribution in [2.24, 2.45) is 23.2 Å². The Kier molecular flexibility index (Phi) is 4.82. The average Bonchev–Trinajstić information content (AvgIpc) is 2.32. The molecule has 4 rings (SSSR count). The van der Waals surface area contributed by atoms with E-state index >= 15 is 0 Å². The molecule has 4 fully saturated rings. The molecule has 1 atom stereocenters. The van der Waals surface area contributed by atoms with Crippen LogP contribution in [0.25, 0.3) is 0 Å². The van der Waals surface area contributed by atoms with Crippen LogP contribution < -0.4 is 0 Å². The molecule has 0 radical (unpaired) electrons. The number of carbonyl (C=O) groups excluding carboxylic acids is 1. The summed E-state index contributed by atoms with van der Waals surface area (Å²) in [5.74, 6) is 2.14. The molecule has 0 aromatic rings. The second-order valence-electron chi connectivity index (χ2n) is 10.5. The molecule has 1 unspecified atom stereocenters. The normalized spacial score (nSPS) is 36.7. The molecule has 138 valence electrons. The molecule has 0 N–H and O–H groups in total. The van der Waals surface area contributed by atoms with Gasteiger partial charge in [0.1, 0.15) is 0 Å². The Morgan fingerprint density at radius 3 is 1.71 bits per heavy atom. The van der Waals surface area contributed by atoms with Crippen LogP contribution in [0.5, 0.6) is 0 Å². The minimum Gasteiger partial charge on any atom is -0.518 e. The van der Waals surface area contributed by atoms with Gasteiger partial charge in [0.25, 0.3) is 0 Å². The lowest BCUT2D eigenvalue weighted by Crippen LogP contribution is -2.56. The van der Waals surface area contributed by atoms with E-state index in [1.807, 2.05) is 0 Å². The zero-order valence-electron chi connectivity index (χ0n) is 16.2. The highest BCUT2D eigenvalue weighted by Crippen LogP contribution is 2.62. The Bertz CT molecular complexity index is 457. The van der Waals surface area contributed by atoms with Gasteiger partial charge >= 0.3 is 5.97 Å². The van der Waals surface area contributed by atoms with Crippen LogP contribution in [0.4, 0.5) is 0 Å².